The van der Waals surface area contributed by atoms with Crippen LogP contribution < -0.4 is 10.5 Å². The van der Waals surface area contributed by atoms with Gasteiger partial charge in [-0.25, -0.2) is 4.98 Å². The van der Waals surface area contributed by atoms with Crippen LogP contribution in [0.15, 0.2) is 28.7 Å². The summed E-state index contributed by atoms with van der Waals surface area (Å²) in [6.45, 7) is 4.88. The first-order valence-electron chi connectivity index (χ1n) is 5.64. The Kier molecular flexibility index (Phi) is 3.44. The maximum Gasteiger partial charge on any atom is 0.226 e. The van der Waals surface area contributed by atoms with E-state index in [9.17, 15) is 0 Å². The summed E-state index contributed by atoms with van der Waals surface area (Å²) >= 11 is 0. The Morgan fingerprint density at radius 3 is 2.53 bits per heavy atom. The highest BCUT2D eigenvalue weighted by Gasteiger charge is 2.09. The first kappa shape index (κ1) is 11.7. The predicted octanol–water partition coefficient (Wildman–Crippen LogP) is 2.51. The average Bonchev–Trinajstić information content (AvgIpc) is 2.72. The SMILES string of the molecule is CCOc1ccc(-c2nc(CN)c(C)o2)cc1. The third-order valence-electron chi connectivity index (χ3n) is 2.50. The highest BCUT2D eigenvalue weighted by atomic mass is 16.5. The van der Waals surface area contributed by atoms with E-state index in [0.717, 1.165) is 22.8 Å². The van der Waals surface area contributed by atoms with Gasteiger partial charge in [-0.1, -0.05) is 0 Å². The zero-order chi connectivity index (χ0) is 12.3. The molecule has 4 nitrogen and oxygen atoms in total. The van der Waals surface area contributed by atoms with Crippen molar-refractivity contribution in [1.82, 2.24) is 4.98 Å². The minimum atomic E-state index is 0.395. The molecular weight excluding hydrogens is 216 g/mol. The molecular formula is C13H16N2O2. The Hall–Kier alpha value is -1.81. The van der Waals surface area contributed by atoms with Crippen LogP contribution in [0.4, 0.5) is 0 Å². The Morgan fingerprint density at radius 1 is 1.29 bits per heavy atom. The lowest BCUT2D eigenvalue weighted by Gasteiger charge is -2.02. The fourth-order valence-corrected chi connectivity index (χ4v) is 1.60. The second kappa shape index (κ2) is 5.01. The molecule has 2 aromatic rings. The molecule has 2 N–H and O–H groups in total. The lowest BCUT2D eigenvalue weighted by molar-refractivity contribution is 0.340. The summed E-state index contributed by atoms with van der Waals surface area (Å²) in [6.07, 6.45) is 0. The quantitative estimate of drug-likeness (QED) is 0.879. The van der Waals surface area contributed by atoms with Crippen LogP contribution in [0.25, 0.3) is 11.5 Å². The molecule has 1 heterocycles. The number of aromatic nitrogens is 1. The predicted molar refractivity (Wildman–Crippen MR) is 65.7 cm³/mol. The van der Waals surface area contributed by atoms with E-state index in [4.69, 9.17) is 14.9 Å². The van der Waals surface area contributed by atoms with E-state index in [1.165, 1.54) is 0 Å². The van der Waals surface area contributed by atoms with Gasteiger partial charge in [0.1, 0.15) is 11.5 Å². The van der Waals surface area contributed by atoms with Gasteiger partial charge in [-0.2, -0.15) is 0 Å². The van der Waals surface area contributed by atoms with Crippen molar-refractivity contribution in [2.24, 2.45) is 5.73 Å². The van der Waals surface area contributed by atoms with Crippen molar-refractivity contribution in [2.45, 2.75) is 20.4 Å². The standard InChI is InChI=1S/C13H16N2O2/c1-3-16-11-6-4-10(5-7-11)13-15-12(8-14)9(2)17-13/h4-7H,3,8,14H2,1-2H3. The molecule has 0 atom stereocenters. The molecule has 0 aliphatic carbocycles. The highest BCUT2D eigenvalue weighted by molar-refractivity contribution is 5.55. The van der Waals surface area contributed by atoms with Crippen LogP contribution in [0.2, 0.25) is 0 Å². The van der Waals surface area contributed by atoms with Crippen LogP contribution in [0, 0.1) is 6.92 Å². The Balaban J connectivity index is 2.26. The summed E-state index contributed by atoms with van der Waals surface area (Å²) in [5, 5.41) is 0. The zero-order valence-corrected chi connectivity index (χ0v) is 10.1. The molecule has 0 bridgehead atoms. The summed E-state index contributed by atoms with van der Waals surface area (Å²) < 4.78 is 10.9. The van der Waals surface area contributed by atoms with Crippen molar-refractivity contribution < 1.29 is 9.15 Å². The molecule has 0 amide bonds. The molecule has 90 valence electrons. The van der Waals surface area contributed by atoms with Gasteiger partial charge in [0.05, 0.1) is 12.3 Å². The number of ether oxygens (including phenoxy) is 1. The smallest absolute Gasteiger partial charge is 0.226 e. The van der Waals surface area contributed by atoms with Crippen LogP contribution in [0.3, 0.4) is 0 Å². The molecule has 0 saturated heterocycles. The van der Waals surface area contributed by atoms with E-state index in [2.05, 4.69) is 4.98 Å². The molecule has 1 aromatic carbocycles. The van der Waals surface area contributed by atoms with Gasteiger partial charge in [0, 0.05) is 12.1 Å². The van der Waals surface area contributed by atoms with Crippen molar-refractivity contribution >= 4 is 0 Å². The third-order valence-corrected chi connectivity index (χ3v) is 2.50. The van der Waals surface area contributed by atoms with Crippen LogP contribution in [-0.2, 0) is 6.54 Å². The number of benzene rings is 1. The second-order valence-electron chi connectivity index (χ2n) is 3.68. The summed E-state index contributed by atoms with van der Waals surface area (Å²) in [4.78, 5) is 4.34. The monoisotopic (exact) mass is 232 g/mol. The molecule has 0 aliphatic rings. The van der Waals surface area contributed by atoms with Crippen LogP contribution in [-0.4, -0.2) is 11.6 Å². The van der Waals surface area contributed by atoms with Crippen LogP contribution in [0.1, 0.15) is 18.4 Å². The Bertz CT molecular complexity index is 489. The number of hydrogen-bond acceptors (Lipinski definition) is 4. The number of aryl methyl sites for hydroxylation is 1. The normalized spacial score (nSPS) is 10.5. The molecule has 0 saturated carbocycles. The fraction of sp³-hybridized carbons (Fsp3) is 0.308. The van der Waals surface area contributed by atoms with E-state index in [1.807, 2.05) is 38.1 Å². The largest absolute Gasteiger partial charge is 0.494 e. The summed E-state index contributed by atoms with van der Waals surface area (Å²) in [7, 11) is 0. The van der Waals surface area contributed by atoms with Crippen molar-refractivity contribution in [3.63, 3.8) is 0 Å². The first-order valence-corrected chi connectivity index (χ1v) is 5.64. The molecule has 0 radical (unpaired) electrons. The van der Waals surface area contributed by atoms with E-state index in [0.29, 0.717) is 19.0 Å². The number of nitrogens with two attached hydrogens (primary N) is 1. The lowest BCUT2D eigenvalue weighted by Crippen LogP contribution is -1.97. The van der Waals surface area contributed by atoms with E-state index in [-0.39, 0.29) is 0 Å². The van der Waals surface area contributed by atoms with Gasteiger partial charge in [0.2, 0.25) is 5.89 Å². The van der Waals surface area contributed by atoms with Crippen LogP contribution in [0.5, 0.6) is 5.75 Å². The first-order chi connectivity index (χ1) is 8.24. The molecule has 0 fully saturated rings. The van der Waals surface area contributed by atoms with Gasteiger partial charge in [-0.3, -0.25) is 0 Å². The van der Waals surface area contributed by atoms with Crippen molar-refractivity contribution in [2.75, 3.05) is 6.61 Å². The minimum absolute atomic E-state index is 0.395. The second-order valence-corrected chi connectivity index (χ2v) is 3.68. The average molecular weight is 232 g/mol. The van der Waals surface area contributed by atoms with E-state index < -0.39 is 0 Å². The van der Waals surface area contributed by atoms with Gasteiger partial charge < -0.3 is 14.9 Å². The maximum absolute atomic E-state index is 5.56. The summed E-state index contributed by atoms with van der Waals surface area (Å²) in [5.41, 5.74) is 7.29. The Morgan fingerprint density at radius 2 is 2.00 bits per heavy atom. The molecule has 4 heteroatoms. The minimum Gasteiger partial charge on any atom is -0.494 e. The Labute approximate surface area is 100 Å². The van der Waals surface area contributed by atoms with E-state index in [1.54, 1.807) is 0 Å². The van der Waals surface area contributed by atoms with Gasteiger partial charge in [-0.05, 0) is 38.1 Å². The van der Waals surface area contributed by atoms with Gasteiger partial charge in [0.15, 0.2) is 0 Å². The third kappa shape index (κ3) is 2.47. The topological polar surface area (TPSA) is 61.3 Å². The van der Waals surface area contributed by atoms with Crippen molar-refractivity contribution in [1.29, 1.82) is 0 Å². The number of nitrogens with zero attached hydrogens (tertiary/aromatic N) is 1. The number of hydrogen-bond donors (Lipinski definition) is 1. The zero-order valence-electron chi connectivity index (χ0n) is 10.1. The highest BCUT2D eigenvalue weighted by Crippen LogP contribution is 2.23. The molecule has 17 heavy (non-hydrogen) atoms. The van der Waals surface area contributed by atoms with Crippen LogP contribution >= 0.6 is 0 Å². The molecule has 0 spiro atoms. The van der Waals surface area contributed by atoms with Gasteiger partial charge in [0.25, 0.3) is 0 Å². The summed E-state index contributed by atoms with van der Waals surface area (Å²) in [6, 6.07) is 7.66. The van der Waals surface area contributed by atoms with E-state index >= 15 is 0 Å². The maximum atomic E-state index is 5.56. The molecule has 0 unspecified atom stereocenters. The molecule has 1 aromatic heterocycles. The van der Waals surface area contributed by atoms with Gasteiger partial charge in [-0.15, -0.1) is 0 Å². The molecule has 2 rings (SSSR count). The van der Waals surface area contributed by atoms with Crippen molar-refractivity contribution in [3.05, 3.63) is 35.7 Å². The summed E-state index contributed by atoms with van der Waals surface area (Å²) in [5.74, 6) is 2.22. The molecule has 0 aliphatic heterocycles. The number of rotatable bonds is 4. The number of oxazole rings is 1. The van der Waals surface area contributed by atoms with Gasteiger partial charge >= 0.3 is 0 Å². The van der Waals surface area contributed by atoms with Crippen molar-refractivity contribution in [3.8, 4) is 17.2 Å². The fourth-order valence-electron chi connectivity index (χ4n) is 1.60. The lowest BCUT2D eigenvalue weighted by atomic mass is 10.2.